The number of ether oxygens (including phenoxy) is 2. The number of thioether (sulfide) groups is 1. The molecule has 0 aliphatic carbocycles. The van der Waals surface area contributed by atoms with Gasteiger partial charge in [-0.25, -0.2) is 9.97 Å². The molecule has 0 saturated heterocycles. The Morgan fingerprint density at radius 3 is 2.20 bits per heavy atom. The van der Waals surface area contributed by atoms with Crippen LogP contribution in [0.4, 0.5) is 0 Å². The second-order valence-electron chi connectivity index (χ2n) is 16.6. The lowest BCUT2D eigenvalue weighted by Crippen LogP contribution is -2.56. The number of nitriles is 1. The van der Waals surface area contributed by atoms with E-state index in [0.717, 1.165) is 10.5 Å². The number of hydrogen-bond donors (Lipinski definition) is 7. The van der Waals surface area contributed by atoms with Crippen molar-refractivity contribution in [2.45, 2.75) is 81.3 Å². The van der Waals surface area contributed by atoms with Gasteiger partial charge in [-0.3, -0.25) is 24.0 Å². The first-order chi connectivity index (χ1) is 31.5. The molecule has 66 heavy (non-hydrogen) atoms. The van der Waals surface area contributed by atoms with Gasteiger partial charge in [0.25, 0.3) is 5.91 Å². The van der Waals surface area contributed by atoms with E-state index in [0.29, 0.717) is 45.3 Å². The monoisotopic (exact) mass is 921 g/mol. The zero-order chi connectivity index (χ0) is 48.1. The normalized spacial score (nSPS) is 16.6. The maximum Gasteiger partial charge on any atom is 0.255 e. The van der Waals surface area contributed by atoms with Gasteiger partial charge < -0.3 is 52.8 Å². The molecule has 4 bridgehead atoms. The molecule has 19 heteroatoms. The number of aryl methyl sites for hydroxylation is 1. The smallest absolute Gasteiger partial charge is 0.255 e. The van der Waals surface area contributed by atoms with Crippen LogP contribution in [0.3, 0.4) is 0 Å². The summed E-state index contributed by atoms with van der Waals surface area (Å²) in [5.74, 6) is -2.17. The van der Waals surface area contributed by atoms with E-state index < -0.39 is 53.7 Å². The molecule has 350 valence electrons. The molecule has 5 amide bonds. The van der Waals surface area contributed by atoms with Crippen molar-refractivity contribution in [2.24, 2.45) is 17.2 Å². The minimum absolute atomic E-state index is 0.0000199. The Morgan fingerprint density at radius 1 is 0.939 bits per heavy atom. The van der Waals surface area contributed by atoms with Crippen molar-refractivity contribution in [1.29, 1.82) is 5.26 Å². The van der Waals surface area contributed by atoms with Gasteiger partial charge in [0.2, 0.25) is 23.6 Å². The van der Waals surface area contributed by atoms with E-state index in [1.807, 2.05) is 30.3 Å². The van der Waals surface area contributed by atoms with E-state index in [1.165, 1.54) is 25.1 Å². The van der Waals surface area contributed by atoms with E-state index >= 15 is 0 Å². The minimum atomic E-state index is -1.40. The Bertz CT molecular complexity index is 2440. The van der Waals surface area contributed by atoms with E-state index in [-0.39, 0.29) is 62.5 Å². The first kappa shape index (κ1) is 50.4. The molecule has 18 nitrogen and oxygen atoms in total. The van der Waals surface area contributed by atoms with Crippen molar-refractivity contribution in [3.8, 4) is 40.1 Å². The van der Waals surface area contributed by atoms with Gasteiger partial charge in [-0.2, -0.15) is 5.26 Å². The van der Waals surface area contributed by atoms with E-state index in [4.69, 9.17) is 31.9 Å². The lowest BCUT2D eigenvalue weighted by Gasteiger charge is -2.32. The molecule has 10 N–H and O–H groups in total. The quantitative estimate of drug-likeness (QED) is 0.0629. The van der Waals surface area contributed by atoms with Crippen LogP contribution in [0.25, 0.3) is 22.5 Å². The molecule has 4 atom stereocenters. The number of carbonyl (C=O) groups is 5. The van der Waals surface area contributed by atoms with Crippen LogP contribution in [0, 0.1) is 18.3 Å². The summed E-state index contributed by atoms with van der Waals surface area (Å²) in [5.41, 5.74) is 20.8. The lowest BCUT2D eigenvalue weighted by atomic mass is 9.93. The highest BCUT2D eigenvalue weighted by atomic mass is 32.2. The first-order valence-electron chi connectivity index (χ1n) is 21.6. The van der Waals surface area contributed by atoms with Crippen molar-refractivity contribution >= 4 is 41.3 Å². The summed E-state index contributed by atoms with van der Waals surface area (Å²) in [7, 11) is 1.41. The van der Waals surface area contributed by atoms with Crippen molar-refractivity contribution in [3.05, 3.63) is 89.2 Å². The number of nitrogens with two attached hydrogens (primary N) is 3. The number of carbonyl (C=O) groups excluding carboxylic acids is 5. The van der Waals surface area contributed by atoms with E-state index in [9.17, 15) is 24.0 Å². The molecule has 2 heterocycles. The van der Waals surface area contributed by atoms with Crippen LogP contribution < -0.4 is 47.9 Å². The number of hydrogen-bond acceptors (Lipinski definition) is 14. The molecule has 1 aliphatic heterocycles. The summed E-state index contributed by atoms with van der Waals surface area (Å²) in [6.07, 6.45) is 1.41. The van der Waals surface area contributed by atoms with Gasteiger partial charge in [0.05, 0.1) is 17.3 Å². The molecule has 4 aromatic rings. The van der Waals surface area contributed by atoms with Crippen molar-refractivity contribution < 1.29 is 33.4 Å². The van der Waals surface area contributed by atoms with Crippen molar-refractivity contribution in [2.75, 3.05) is 46.4 Å². The fraction of sp³-hybridized carbons (Fsp3) is 0.404. The molecule has 0 saturated carbocycles. The van der Waals surface area contributed by atoms with Gasteiger partial charge in [0.15, 0.2) is 5.82 Å². The SMILES string of the molecule is Cc1nc(-c2ccc(SC(C)(C)C)cc2)ncc1C(=O)N[C@@H](CCN)C(=O)N(C)[C@@H]1C(=O)N[C@@H](C)C(=O)N[C@H](C(=O)NCC#N)Cc2ccc(OCCN)c(c2)-c2cc1ccc2OCCN. The number of nitrogens with zero attached hydrogens (tertiary/aromatic N) is 4. The highest BCUT2D eigenvalue weighted by Crippen LogP contribution is 2.40. The fourth-order valence-corrected chi connectivity index (χ4v) is 8.20. The molecular formula is C47H59N11O7S. The maximum absolute atomic E-state index is 14.7. The second kappa shape index (κ2) is 23.0. The predicted molar refractivity (Wildman–Crippen MR) is 251 cm³/mol. The lowest BCUT2D eigenvalue weighted by molar-refractivity contribution is -0.141. The molecule has 0 fully saturated rings. The largest absolute Gasteiger partial charge is 0.492 e. The summed E-state index contributed by atoms with van der Waals surface area (Å²) < 4.78 is 12.2. The zero-order valence-corrected chi connectivity index (χ0v) is 38.9. The number of fused-ring (bicyclic) bond motifs is 5. The molecule has 0 spiro atoms. The minimum Gasteiger partial charge on any atom is -0.492 e. The standard InChI is InChI=1S/C47H59N11O7S/c1-27-35(26-53-41(54-27)30-8-11-32(12-9-30)66-47(3,4)5)43(60)56-36(15-16-48)46(63)58(6)40-31-10-14-39(65-22-19-51)34(25-31)33-23-29(7-13-38(33)64-21-18-50)24-37(44(61)52-20-17-49)57-42(59)28(2)55-45(40)62/h7-14,23,25-26,28,36-37,40H,15-16,18-22,24,48,50-51H2,1-6H3,(H,52,61)(H,55,62)(H,56,60)(H,57,59)/t28-,36-,37-,40-/m0/s1. The van der Waals surface area contributed by atoms with Crippen LogP contribution in [0.2, 0.25) is 0 Å². The number of amides is 5. The topological polar surface area (TPSA) is 283 Å². The molecule has 3 aromatic carbocycles. The van der Waals surface area contributed by atoms with Crippen LogP contribution in [-0.4, -0.2) is 114 Å². The summed E-state index contributed by atoms with van der Waals surface area (Å²) in [6, 6.07) is 14.9. The number of nitrogens with one attached hydrogen (secondary N) is 4. The molecule has 1 aromatic heterocycles. The van der Waals surface area contributed by atoms with Gasteiger partial charge in [-0.15, -0.1) is 11.8 Å². The molecule has 1 aliphatic rings. The Labute approximate surface area is 389 Å². The highest BCUT2D eigenvalue weighted by molar-refractivity contribution is 8.00. The average Bonchev–Trinajstić information content (AvgIpc) is 3.28. The Balaban J connectivity index is 1.54. The highest BCUT2D eigenvalue weighted by Gasteiger charge is 2.36. The average molecular weight is 922 g/mol. The molecular weight excluding hydrogens is 863 g/mol. The van der Waals surface area contributed by atoms with Gasteiger partial charge in [0.1, 0.15) is 55.4 Å². The number of rotatable bonds is 16. The van der Waals surface area contributed by atoms with Crippen LogP contribution in [0.15, 0.2) is 71.8 Å². The first-order valence-corrected chi connectivity index (χ1v) is 22.4. The maximum atomic E-state index is 14.7. The summed E-state index contributed by atoms with van der Waals surface area (Å²) in [5, 5.41) is 19.9. The fourth-order valence-electron chi connectivity index (χ4n) is 7.22. The van der Waals surface area contributed by atoms with Crippen molar-refractivity contribution in [1.82, 2.24) is 36.1 Å². The Hall–Kier alpha value is -6.59. The summed E-state index contributed by atoms with van der Waals surface area (Å²) in [6.45, 7) is 9.89. The van der Waals surface area contributed by atoms with Crippen LogP contribution in [0.5, 0.6) is 11.5 Å². The number of aromatic nitrogens is 2. The zero-order valence-electron chi connectivity index (χ0n) is 38.1. The molecule has 0 radical (unpaired) electrons. The van der Waals surface area contributed by atoms with E-state index in [2.05, 4.69) is 52.0 Å². The molecule has 0 unspecified atom stereocenters. The van der Waals surface area contributed by atoms with Gasteiger partial charge in [0, 0.05) is 59.1 Å². The Kier molecular flexibility index (Phi) is 17.6. The summed E-state index contributed by atoms with van der Waals surface area (Å²) in [4.78, 5) is 81.5. The number of benzene rings is 3. The van der Waals surface area contributed by atoms with Crippen LogP contribution >= 0.6 is 11.8 Å². The number of likely N-dealkylation sites (N-methyl/N-ethyl adjacent to an activating group) is 1. The molecule has 5 rings (SSSR count). The van der Waals surface area contributed by atoms with Gasteiger partial charge in [-0.1, -0.05) is 45.0 Å². The van der Waals surface area contributed by atoms with Gasteiger partial charge >= 0.3 is 0 Å². The van der Waals surface area contributed by atoms with Crippen LogP contribution in [-0.2, 0) is 25.6 Å². The summed E-state index contributed by atoms with van der Waals surface area (Å²) >= 11 is 1.74. The second-order valence-corrected chi connectivity index (χ2v) is 18.5. The van der Waals surface area contributed by atoms with E-state index in [1.54, 1.807) is 55.1 Å². The predicted octanol–water partition coefficient (Wildman–Crippen LogP) is 2.52. The Morgan fingerprint density at radius 2 is 1.59 bits per heavy atom. The third kappa shape index (κ3) is 13.0. The third-order valence-electron chi connectivity index (χ3n) is 10.4. The van der Waals surface area contributed by atoms with Crippen molar-refractivity contribution in [3.63, 3.8) is 0 Å². The third-order valence-corrected chi connectivity index (χ3v) is 11.5. The van der Waals surface area contributed by atoms with Crippen LogP contribution in [0.1, 0.15) is 67.3 Å². The van der Waals surface area contributed by atoms with Gasteiger partial charge in [-0.05, 0) is 74.3 Å².